The molecule has 0 unspecified atom stereocenters. The molecule has 2 aromatic carbocycles. The Morgan fingerprint density at radius 1 is 1.06 bits per heavy atom. The predicted molar refractivity (Wildman–Crippen MR) is 122 cm³/mol. The summed E-state index contributed by atoms with van der Waals surface area (Å²) >= 11 is 0. The first-order valence-corrected chi connectivity index (χ1v) is 11.3. The molecule has 1 N–H and O–H groups in total. The summed E-state index contributed by atoms with van der Waals surface area (Å²) in [6.07, 6.45) is 5.40. The molecule has 7 heteroatoms. The SMILES string of the molecule is CCCc1nc2c(n1Cc1ccc(-c3ccccc3-[14c]3nn[nH]n3)cc1)C(=O)CCCC2. The molecule has 0 fully saturated rings. The number of H-pyrrole nitrogens is 1. The lowest BCUT2D eigenvalue weighted by atomic mass is 10.0. The zero-order chi connectivity index (χ0) is 21.9. The number of hydrogen-bond donors (Lipinski definition) is 1. The number of aromatic nitrogens is 6. The number of imidazole rings is 1. The number of carbonyl (C=O) groups excluding carboxylic acids is 1. The largest absolute Gasteiger partial charge is 0.321 e. The molecule has 4 aromatic rings. The highest BCUT2D eigenvalue weighted by Crippen LogP contribution is 2.30. The van der Waals surface area contributed by atoms with Crippen LogP contribution in [0.25, 0.3) is 22.5 Å². The van der Waals surface area contributed by atoms with Gasteiger partial charge >= 0.3 is 0 Å². The summed E-state index contributed by atoms with van der Waals surface area (Å²) in [6.45, 7) is 2.82. The van der Waals surface area contributed by atoms with Crippen LogP contribution in [0.15, 0.2) is 48.5 Å². The first-order chi connectivity index (χ1) is 15.7. The van der Waals surface area contributed by atoms with Crippen molar-refractivity contribution in [1.82, 2.24) is 30.2 Å². The van der Waals surface area contributed by atoms with Crippen molar-refractivity contribution < 1.29 is 4.79 Å². The topological polar surface area (TPSA) is 89.3 Å². The number of ketones is 1. The molecule has 5 rings (SSSR count). The summed E-state index contributed by atoms with van der Waals surface area (Å²) < 4.78 is 2.16. The molecule has 0 amide bonds. The molecule has 162 valence electrons. The maximum atomic E-state index is 12.8. The Morgan fingerprint density at radius 2 is 1.88 bits per heavy atom. The van der Waals surface area contributed by atoms with Crippen molar-refractivity contribution in [1.29, 1.82) is 0 Å². The number of fused-ring (bicyclic) bond motifs is 1. The summed E-state index contributed by atoms with van der Waals surface area (Å²) in [5.74, 6) is 1.84. The van der Waals surface area contributed by atoms with E-state index in [1.54, 1.807) is 0 Å². The normalized spacial score (nSPS) is 13.7. The lowest BCUT2D eigenvalue weighted by Gasteiger charge is -2.13. The molecule has 2 aromatic heterocycles. The number of aromatic amines is 1. The van der Waals surface area contributed by atoms with Gasteiger partial charge in [-0.3, -0.25) is 4.79 Å². The van der Waals surface area contributed by atoms with Gasteiger partial charge < -0.3 is 4.57 Å². The molecule has 1 aliphatic rings. The van der Waals surface area contributed by atoms with E-state index in [4.69, 9.17) is 4.98 Å². The fraction of sp³-hybridized carbons (Fsp3) is 0.320. The van der Waals surface area contributed by atoms with Crippen molar-refractivity contribution in [3.05, 3.63) is 71.3 Å². The number of benzene rings is 2. The Labute approximate surface area is 186 Å². The van der Waals surface area contributed by atoms with E-state index >= 15 is 0 Å². The number of nitrogens with zero attached hydrogens (tertiary/aromatic N) is 5. The van der Waals surface area contributed by atoms with Gasteiger partial charge in [-0.2, -0.15) is 5.21 Å². The number of tetrazole rings is 1. The third kappa shape index (κ3) is 3.86. The molecule has 0 saturated heterocycles. The van der Waals surface area contributed by atoms with Crippen molar-refractivity contribution in [3.63, 3.8) is 0 Å². The van der Waals surface area contributed by atoms with Crippen LogP contribution in [-0.2, 0) is 19.4 Å². The summed E-state index contributed by atoms with van der Waals surface area (Å²) in [5.41, 5.74) is 6.05. The Morgan fingerprint density at radius 3 is 2.66 bits per heavy atom. The lowest BCUT2D eigenvalue weighted by molar-refractivity contribution is 0.0973. The first kappa shape index (κ1) is 20.3. The van der Waals surface area contributed by atoms with Gasteiger partial charge in [-0.05, 0) is 47.6 Å². The van der Waals surface area contributed by atoms with Crippen molar-refractivity contribution >= 4 is 5.78 Å². The van der Waals surface area contributed by atoms with Gasteiger partial charge in [-0.1, -0.05) is 55.5 Å². The fourth-order valence-electron chi connectivity index (χ4n) is 4.50. The zero-order valence-corrected chi connectivity index (χ0v) is 18.2. The summed E-state index contributed by atoms with van der Waals surface area (Å²) in [5, 5.41) is 14.5. The van der Waals surface area contributed by atoms with Crippen molar-refractivity contribution in [2.24, 2.45) is 0 Å². The van der Waals surface area contributed by atoms with Crippen LogP contribution in [0.4, 0.5) is 0 Å². The molecular weight excluding hydrogens is 402 g/mol. The number of carbonyl (C=O) groups is 1. The Balaban J connectivity index is 1.47. The standard InChI is InChI=1S/C25H26N6O/c1-2-7-23-26-21-10-5-6-11-22(32)24(21)31(23)16-17-12-14-18(15-13-17)19-8-3-4-9-20(19)25-27-29-30-28-25/h3-4,8-9,12-15H,2,5-7,10-11,16H2,1H3,(H,27,28,29,30)/i25+2. The minimum absolute atomic E-state index is 0.234. The van der Waals surface area contributed by atoms with Crippen LogP contribution >= 0.6 is 0 Å². The molecule has 7 nitrogen and oxygen atoms in total. The Kier molecular flexibility index (Phi) is 5.62. The maximum absolute atomic E-state index is 12.8. The van der Waals surface area contributed by atoms with Gasteiger partial charge in [-0.25, -0.2) is 4.98 Å². The number of hydrogen-bond acceptors (Lipinski definition) is 5. The van der Waals surface area contributed by atoms with Gasteiger partial charge in [0.2, 0.25) is 5.82 Å². The first-order valence-electron chi connectivity index (χ1n) is 11.3. The highest BCUT2D eigenvalue weighted by atomic mass is 16.1. The van der Waals surface area contributed by atoms with Crippen LogP contribution < -0.4 is 0 Å². The molecule has 32 heavy (non-hydrogen) atoms. The van der Waals surface area contributed by atoms with Crippen molar-refractivity contribution in [2.75, 3.05) is 0 Å². The molecule has 0 aliphatic heterocycles. The predicted octanol–water partition coefficient (Wildman–Crippen LogP) is 4.64. The molecular formula is C25H26N6O. The van der Waals surface area contributed by atoms with E-state index in [0.29, 0.717) is 18.8 Å². The summed E-state index contributed by atoms with van der Waals surface area (Å²) in [7, 11) is 0. The average Bonchev–Trinajstić information content (AvgIpc) is 3.42. The quantitative estimate of drug-likeness (QED) is 0.452. The molecule has 0 spiro atoms. The van der Waals surface area contributed by atoms with Crippen LogP contribution in [0.2, 0.25) is 0 Å². The van der Waals surface area contributed by atoms with E-state index in [9.17, 15) is 4.79 Å². The molecule has 0 radical (unpaired) electrons. The van der Waals surface area contributed by atoms with Crippen LogP contribution in [0.3, 0.4) is 0 Å². The summed E-state index contributed by atoms with van der Waals surface area (Å²) in [4.78, 5) is 17.7. The van der Waals surface area contributed by atoms with Crippen LogP contribution in [-0.4, -0.2) is 36.0 Å². The fourth-order valence-corrected chi connectivity index (χ4v) is 4.50. The zero-order valence-electron chi connectivity index (χ0n) is 18.2. The van der Waals surface area contributed by atoms with Crippen LogP contribution in [0, 0.1) is 0 Å². The summed E-state index contributed by atoms with van der Waals surface area (Å²) in [6, 6.07) is 16.5. The lowest BCUT2D eigenvalue weighted by Crippen LogP contribution is -2.13. The van der Waals surface area contributed by atoms with Gasteiger partial charge in [0.05, 0.1) is 5.69 Å². The second-order valence-corrected chi connectivity index (χ2v) is 8.27. The van der Waals surface area contributed by atoms with E-state index in [-0.39, 0.29) is 5.78 Å². The Bertz CT molecular complexity index is 1220. The maximum Gasteiger partial charge on any atom is 0.205 e. The second-order valence-electron chi connectivity index (χ2n) is 8.27. The number of aryl methyl sites for hydroxylation is 2. The molecule has 2 heterocycles. The van der Waals surface area contributed by atoms with Crippen LogP contribution in [0.1, 0.15) is 60.2 Å². The van der Waals surface area contributed by atoms with Crippen molar-refractivity contribution in [3.8, 4) is 22.5 Å². The van der Waals surface area contributed by atoms with E-state index in [0.717, 1.165) is 71.6 Å². The van der Waals surface area contributed by atoms with E-state index in [1.165, 1.54) is 0 Å². The van der Waals surface area contributed by atoms with Gasteiger partial charge in [0.25, 0.3) is 0 Å². The molecule has 0 saturated carbocycles. The minimum atomic E-state index is 0.234. The minimum Gasteiger partial charge on any atom is -0.321 e. The number of Topliss-reactive ketones (excluding diaryl/α,β-unsaturated/α-hetero) is 1. The number of nitrogens with one attached hydrogen (secondary N) is 1. The van der Waals surface area contributed by atoms with Crippen molar-refractivity contribution in [2.45, 2.75) is 52.0 Å². The third-order valence-corrected chi connectivity index (χ3v) is 6.04. The molecule has 0 atom stereocenters. The van der Waals surface area contributed by atoms with E-state index in [1.807, 2.05) is 18.2 Å². The van der Waals surface area contributed by atoms with Gasteiger partial charge in [0.1, 0.15) is 11.5 Å². The van der Waals surface area contributed by atoms with E-state index in [2.05, 4.69) is 62.4 Å². The van der Waals surface area contributed by atoms with Crippen LogP contribution in [0.5, 0.6) is 0 Å². The van der Waals surface area contributed by atoms with Gasteiger partial charge in [-0.15, -0.1) is 10.2 Å². The smallest absolute Gasteiger partial charge is 0.205 e. The highest BCUT2D eigenvalue weighted by Gasteiger charge is 2.24. The average molecular weight is 429 g/mol. The molecule has 0 bridgehead atoms. The number of rotatable bonds is 6. The van der Waals surface area contributed by atoms with Gasteiger partial charge in [0, 0.05) is 24.9 Å². The highest BCUT2D eigenvalue weighted by molar-refractivity contribution is 5.96. The monoisotopic (exact) mass is 428 g/mol. The Hall–Kier alpha value is -3.61. The molecule has 1 aliphatic carbocycles. The van der Waals surface area contributed by atoms with Gasteiger partial charge in [0.15, 0.2) is 5.78 Å². The second kappa shape index (κ2) is 8.86. The van der Waals surface area contributed by atoms with E-state index < -0.39 is 0 Å². The third-order valence-electron chi connectivity index (χ3n) is 6.04.